The fourth-order valence-corrected chi connectivity index (χ4v) is 9.02. The van der Waals surface area contributed by atoms with Crippen molar-refractivity contribution in [2.45, 2.75) is 76.2 Å². The summed E-state index contributed by atoms with van der Waals surface area (Å²) < 4.78 is 29.5. The van der Waals surface area contributed by atoms with Crippen LogP contribution in [0.25, 0.3) is 0 Å². The van der Waals surface area contributed by atoms with Gasteiger partial charge in [-0.1, -0.05) is 12.1 Å². The molecule has 11 nitrogen and oxygen atoms in total. The van der Waals surface area contributed by atoms with E-state index in [9.17, 15) is 14.4 Å². The Balaban J connectivity index is 1.50. The fraction of sp³-hybridized carbons (Fsp3) is 0.577. The first-order chi connectivity index (χ1) is 18.4. The van der Waals surface area contributed by atoms with Crippen LogP contribution in [0.3, 0.4) is 0 Å². The van der Waals surface area contributed by atoms with Gasteiger partial charge in [0.15, 0.2) is 11.8 Å². The molecule has 2 fully saturated rings. The van der Waals surface area contributed by atoms with Gasteiger partial charge in [0.25, 0.3) is 5.91 Å². The minimum atomic E-state index is -3.33. The van der Waals surface area contributed by atoms with Crippen LogP contribution < -0.4 is 9.80 Å². The second kappa shape index (κ2) is 9.79. The Bertz CT molecular complexity index is 1310. The summed E-state index contributed by atoms with van der Waals surface area (Å²) in [4.78, 5) is 40.8. The number of carbonyl (C=O) groups excluding carboxylic acids is 3. The second-order valence-corrected chi connectivity index (χ2v) is 14.9. The Morgan fingerprint density at radius 1 is 1.33 bits per heavy atom. The maximum absolute atomic E-state index is 15.9. The molecule has 210 valence electrons. The lowest BCUT2D eigenvalue weighted by molar-refractivity contribution is -0.153. The summed E-state index contributed by atoms with van der Waals surface area (Å²) in [6.07, 6.45) is 1.38. The smallest absolute Gasteiger partial charge is 0.304 e. The van der Waals surface area contributed by atoms with E-state index in [0.29, 0.717) is 42.0 Å². The van der Waals surface area contributed by atoms with Crippen LogP contribution in [0.1, 0.15) is 37.9 Å². The van der Waals surface area contributed by atoms with Gasteiger partial charge in [-0.05, 0) is 37.7 Å². The molecule has 4 heterocycles. The number of esters is 1. The number of benzene rings is 1. The van der Waals surface area contributed by atoms with Crippen molar-refractivity contribution in [1.82, 2.24) is 15.0 Å². The van der Waals surface area contributed by atoms with Crippen molar-refractivity contribution in [1.29, 1.82) is 0 Å². The molecular formula is C26H34FN5O6Si. The molecule has 2 amide bonds. The molecule has 3 aliphatic rings. The Morgan fingerprint density at radius 2 is 2.08 bits per heavy atom. The highest BCUT2D eigenvalue weighted by molar-refractivity contribution is 6.72. The van der Waals surface area contributed by atoms with Crippen LogP contribution in [0.2, 0.25) is 18.6 Å². The number of fused-ring (bicyclic) bond motifs is 2. The van der Waals surface area contributed by atoms with Crippen molar-refractivity contribution in [2.75, 3.05) is 23.5 Å². The van der Waals surface area contributed by atoms with E-state index >= 15 is 4.11 Å². The highest BCUT2D eigenvalue weighted by Crippen LogP contribution is 2.60. The predicted molar refractivity (Wildman–Crippen MR) is 141 cm³/mol. The molecule has 13 heteroatoms. The summed E-state index contributed by atoms with van der Waals surface area (Å²) in [5.74, 6) is -1.44. The third-order valence-corrected chi connectivity index (χ3v) is 10.6. The number of aromatic nitrogens is 3. The predicted octanol–water partition coefficient (Wildman–Crippen LogP) is 2.28. The normalized spacial score (nSPS) is 28.3. The minimum Gasteiger partial charge on any atom is -0.441 e. The van der Waals surface area contributed by atoms with E-state index < -0.39 is 43.8 Å². The van der Waals surface area contributed by atoms with E-state index in [1.54, 1.807) is 49.2 Å². The van der Waals surface area contributed by atoms with Gasteiger partial charge in [-0.3, -0.25) is 24.0 Å². The van der Waals surface area contributed by atoms with Crippen molar-refractivity contribution in [3.63, 3.8) is 0 Å². The van der Waals surface area contributed by atoms with Gasteiger partial charge >= 0.3 is 5.97 Å². The van der Waals surface area contributed by atoms with Crippen LogP contribution in [0.4, 0.5) is 15.5 Å². The molecule has 0 bridgehead atoms. The molecule has 2 saturated heterocycles. The van der Waals surface area contributed by atoms with Crippen LogP contribution in [-0.2, 0) is 42.4 Å². The van der Waals surface area contributed by atoms with Crippen molar-refractivity contribution in [3.05, 3.63) is 35.7 Å². The zero-order chi connectivity index (χ0) is 28.3. The van der Waals surface area contributed by atoms with E-state index in [4.69, 9.17) is 14.6 Å². The fourth-order valence-electron chi connectivity index (χ4n) is 6.48. The molecular weight excluding hydrogens is 525 g/mol. The number of rotatable bonds is 8. The summed E-state index contributed by atoms with van der Waals surface area (Å²) >= 11 is 0. The number of β-lactam (4-membered cyclic amide) rings is 1. The lowest BCUT2D eigenvalue weighted by atomic mass is 9.82. The Labute approximate surface area is 227 Å². The molecule has 0 saturated carbocycles. The van der Waals surface area contributed by atoms with Crippen LogP contribution in [0.15, 0.2) is 24.4 Å². The summed E-state index contributed by atoms with van der Waals surface area (Å²) in [5.41, 5.74) is 0.470. The maximum Gasteiger partial charge on any atom is 0.304 e. The number of hydrogen-bond donors (Lipinski definition) is 1. The van der Waals surface area contributed by atoms with Crippen molar-refractivity contribution < 1.29 is 33.1 Å². The van der Waals surface area contributed by atoms with Crippen LogP contribution in [0.5, 0.6) is 0 Å². The number of likely N-dealkylation sites (N-methyl/N-ethyl adjacent to an activating group) is 1. The Morgan fingerprint density at radius 3 is 2.72 bits per heavy atom. The van der Waals surface area contributed by atoms with Gasteiger partial charge in [-0.25, -0.2) is 0 Å². The summed E-state index contributed by atoms with van der Waals surface area (Å²) in [6, 6.07) is 5.21. The highest BCUT2D eigenvalue weighted by atomic mass is 28.4. The molecule has 0 aliphatic carbocycles. The molecule has 5 rings (SSSR count). The Hall–Kier alpha value is -3.16. The number of aliphatic hydroxyl groups excluding tert-OH is 1. The molecule has 2 aromatic rings. The molecule has 1 aromatic carbocycles. The second-order valence-electron chi connectivity index (χ2n) is 11.1. The van der Waals surface area contributed by atoms with Crippen molar-refractivity contribution in [2.24, 2.45) is 5.92 Å². The van der Waals surface area contributed by atoms with E-state index in [2.05, 4.69) is 10.3 Å². The SMILES string of the molecule is CC(=O)OC1CC(=O)N1c1ccc2c(c1)[C@]1(O[C@@H](CCn3cc(CCO)nn3)[C@H]([Si](C)(C)F)[C@H]1C)C(=O)N2C. The number of nitrogens with zero attached hydrogens (tertiary/aromatic N) is 5. The summed E-state index contributed by atoms with van der Waals surface area (Å²) in [5, 5.41) is 17.3. The average Bonchev–Trinajstić information content (AvgIpc) is 3.48. The highest BCUT2D eigenvalue weighted by Gasteiger charge is 2.66. The number of aliphatic hydroxyl groups is 1. The average molecular weight is 560 g/mol. The molecule has 1 unspecified atom stereocenters. The number of hydrogen-bond acceptors (Lipinski definition) is 8. The van der Waals surface area contributed by atoms with Gasteiger partial charge < -0.3 is 23.6 Å². The van der Waals surface area contributed by atoms with Crippen LogP contribution >= 0.6 is 0 Å². The largest absolute Gasteiger partial charge is 0.441 e. The van der Waals surface area contributed by atoms with Crippen molar-refractivity contribution >= 4 is 37.6 Å². The first-order valence-electron chi connectivity index (χ1n) is 13.2. The number of aryl methyl sites for hydroxylation is 1. The van der Waals surface area contributed by atoms with E-state index in [0.717, 1.165) is 0 Å². The number of halogens is 1. The third-order valence-electron chi connectivity index (χ3n) is 8.16. The molecule has 1 N–H and O–H groups in total. The van der Waals surface area contributed by atoms with Gasteiger partial charge in [0.2, 0.25) is 14.3 Å². The first kappa shape index (κ1) is 27.4. The van der Waals surface area contributed by atoms with Crippen LogP contribution in [-0.4, -0.2) is 72.3 Å². The third kappa shape index (κ3) is 4.45. The maximum atomic E-state index is 15.9. The lowest BCUT2D eigenvalue weighted by Crippen LogP contribution is -2.55. The number of carbonyl (C=O) groups is 3. The standard InChI is InChI=1S/C26H34FN5O6Si/c1-15-24(39(4,5)27)21(8-10-31-14-17(9-11-33)28-29-31)38-26(15)19-12-18(6-7-20(19)30(3)25(26)36)32-22(35)13-23(32)37-16(2)34/h6-7,12,14-15,21,23-24,33H,8-11,13H2,1-5H3/t15-,21+,23?,24-,26+/m1/s1. The molecule has 5 atom stereocenters. The van der Waals surface area contributed by atoms with Crippen molar-refractivity contribution in [3.8, 4) is 0 Å². The number of ether oxygens (including phenoxy) is 2. The molecule has 1 aromatic heterocycles. The zero-order valence-electron chi connectivity index (χ0n) is 22.8. The molecule has 39 heavy (non-hydrogen) atoms. The molecule has 1 spiro atoms. The van der Waals surface area contributed by atoms with Gasteiger partial charge in [-0.15, -0.1) is 5.10 Å². The Kier molecular flexibility index (Phi) is 6.88. The van der Waals surface area contributed by atoms with Gasteiger partial charge in [0.1, 0.15) is 0 Å². The summed E-state index contributed by atoms with van der Waals surface area (Å²) in [6.45, 7) is 6.82. The first-order valence-corrected chi connectivity index (χ1v) is 16.1. The van der Waals surface area contributed by atoms with E-state index in [1.807, 2.05) is 6.92 Å². The number of anilines is 2. The quantitative estimate of drug-likeness (QED) is 0.226. The molecule has 3 aliphatic heterocycles. The lowest BCUT2D eigenvalue weighted by Gasteiger charge is -2.39. The minimum absolute atomic E-state index is 0.0319. The van der Waals surface area contributed by atoms with Gasteiger partial charge in [0.05, 0.1) is 23.9 Å². The monoisotopic (exact) mass is 559 g/mol. The van der Waals surface area contributed by atoms with Gasteiger partial charge in [-0.2, -0.15) is 0 Å². The molecule has 0 radical (unpaired) electrons. The van der Waals surface area contributed by atoms with Crippen LogP contribution in [0, 0.1) is 5.92 Å². The van der Waals surface area contributed by atoms with E-state index in [-0.39, 0.29) is 24.8 Å². The number of amides is 2. The zero-order valence-corrected chi connectivity index (χ0v) is 23.8. The summed E-state index contributed by atoms with van der Waals surface area (Å²) in [7, 11) is -1.66. The topological polar surface area (TPSA) is 127 Å². The van der Waals surface area contributed by atoms with E-state index in [1.165, 1.54) is 16.7 Å². The van der Waals surface area contributed by atoms with Gasteiger partial charge in [0, 0.05) is 62.5 Å².